The molecule has 1 rings (SSSR count). The minimum Gasteiger partial charge on any atom is -0.399 e. The summed E-state index contributed by atoms with van der Waals surface area (Å²) in [7, 11) is 4.55. The van der Waals surface area contributed by atoms with E-state index < -0.39 is 0 Å². The molecule has 6 nitrogen and oxygen atoms in total. The molecule has 0 aromatic carbocycles. The molecule has 6 heteroatoms. The zero-order valence-corrected chi connectivity index (χ0v) is 9.19. The molecule has 84 valence electrons. The zero-order chi connectivity index (χ0) is 11.1. The summed E-state index contributed by atoms with van der Waals surface area (Å²) in [6.07, 6.45) is 1.97. The van der Waals surface area contributed by atoms with Crippen LogP contribution < -0.4 is 0 Å². The van der Waals surface area contributed by atoms with Gasteiger partial charge in [-0.1, -0.05) is 15.5 Å². The quantitative estimate of drug-likeness (QED) is 0.661. The van der Waals surface area contributed by atoms with Crippen LogP contribution in [0.15, 0.2) is 15.5 Å². The van der Waals surface area contributed by atoms with E-state index in [0.29, 0.717) is 19.3 Å². The Kier molecular flexibility index (Phi) is 4.59. The number of hydrogen-bond acceptors (Lipinski definition) is 6. The first kappa shape index (κ1) is 11.5. The van der Waals surface area contributed by atoms with Crippen molar-refractivity contribution in [3.05, 3.63) is 0 Å². The summed E-state index contributed by atoms with van der Waals surface area (Å²) < 4.78 is 0. The lowest BCUT2D eigenvalue weighted by atomic mass is 9.95. The fourth-order valence-electron chi connectivity index (χ4n) is 1.48. The maximum absolute atomic E-state index is 4.73. The van der Waals surface area contributed by atoms with E-state index in [2.05, 4.69) is 15.5 Å². The van der Waals surface area contributed by atoms with Crippen molar-refractivity contribution in [2.24, 2.45) is 15.5 Å². The highest BCUT2D eigenvalue weighted by atomic mass is 16.6. The molecular weight excluding hydrogens is 198 g/mol. The second-order valence-corrected chi connectivity index (χ2v) is 3.05. The van der Waals surface area contributed by atoms with E-state index in [1.165, 1.54) is 21.3 Å². The Morgan fingerprint density at radius 3 is 1.13 bits per heavy atom. The van der Waals surface area contributed by atoms with Crippen LogP contribution in [0.3, 0.4) is 0 Å². The molecule has 0 aromatic heterocycles. The third-order valence-corrected chi connectivity index (χ3v) is 1.89. The molecule has 1 saturated carbocycles. The Morgan fingerprint density at radius 2 is 0.933 bits per heavy atom. The van der Waals surface area contributed by atoms with Gasteiger partial charge in [-0.25, -0.2) is 0 Å². The lowest BCUT2D eigenvalue weighted by Gasteiger charge is -2.15. The summed E-state index contributed by atoms with van der Waals surface area (Å²) in [5.74, 6) is 0. The van der Waals surface area contributed by atoms with E-state index in [4.69, 9.17) is 14.5 Å². The van der Waals surface area contributed by atoms with Gasteiger partial charge in [-0.2, -0.15) is 0 Å². The molecule has 0 aromatic rings. The molecule has 15 heavy (non-hydrogen) atoms. The minimum atomic E-state index is 0.657. The third-order valence-electron chi connectivity index (χ3n) is 1.89. The van der Waals surface area contributed by atoms with Gasteiger partial charge in [0.2, 0.25) is 0 Å². The normalized spacial score (nSPS) is 15.8. The molecule has 0 spiro atoms. The van der Waals surface area contributed by atoms with Crippen LogP contribution in [0.25, 0.3) is 0 Å². The second kappa shape index (κ2) is 6.00. The minimum absolute atomic E-state index is 0.657. The molecule has 1 fully saturated rings. The first-order valence-corrected chi connectivity index (χ1v) is 4.56. The highest BCUT2D eigenvalue weighted by molar-refractivity contribution is 6.23. The molecule has 0 N–H and O–H groups in total. The van der Waals surface area contributed by atoms with Gasteiger partial charge in [0.05, 0.1) is 17.1 Å². The summed E-state index contributed by atoms with van der Waals surface area (Å²) in [4.78, 5) is 14.2. The van der Waals surface area contributed by atoms with Crippen molar-refractivity contribution in [1.29, 1.82) is 0 Å². The van der Waals surface area contributed by atoms with Crippen LogP contribution in [0.1, 0.15) is 19.3 Å². The van der Waals surface area contributed by atoms with Gasteiger partial charge >= 0.3 is 0 Å². The highest BCUT2D eigenvalue weighted by Gasteiger charge is 2.20. The topological polar surface area (TPSA) is 64.8 Å². The second-order valence-electron chi connectivity index (χ2n) is 3.05. The molecule has 0 atom stereocenters. The number of oxime groups is 3. The summed E-state index contributed by atoms with van der Waals surface area (Å²) >= 11 is 0. The SMILES string of the molecule is CON=C1CC(=NOC)CC(=NOC)C1. The van der Waals surface area contributed by atoms with Gasteiger partial charge in [-0.05, 0) is 0 Å². The largest absolute Gasteiger partial charge is 0.399 e. The van der Waals surface area contributed by atoms with Gasteiger partial charge in [-0.3, -0.25) is 0 Å². The predicted molar refractivity (Wildman–Crippen MR) is 57.2 cm³/mol. The first-order chi connectivity index (χ1) is 7.30. The average molecular weight is 213 g/mol. The van der Waals surface area contributed by atoms with E-state index in [1.807, 2.05) is 0 Å². The summed E-state index contributed by atoms with van der Waals surface area (Å²) in [6, 6.07) is 0. The van der Waals surface area contributed by atoms with Crippen LogP contribution in [-0.4, -0.2) is 38.5 Å². The van der Waals surface area contributed by atoms with Crippen molar-refractivity contribution in [2.45, 2.75) is 19.3 Å². The van der Waals surface area contributed by atoms with Gasteiger partial charge in [0.15, 0.2) is 0 Å². The van der Waals surface area contributed by atoms with Crippen molar-refractivity contribution in [3.63, 3.8) is 0 Å². The van der Waals surface area contributed by atoms with Crippen molar-refractivity contribution >= 4 is 17.1 Å². The van der Waals surface area contributed by atoms with Crippen LogP contribution in [0.2, 0.25) is 0 Å². The third kappa shape index (κ3) is 3.57. The standard InChI is InChI=1S/C9H15N3O3/c1-13-10-7-4-8(11-14-2)6-9(5-7)12-15-3/h4-6H2,1-3H3. The molecule has 0 radical (unpaired) electrons. The number of rotatable bonds is 3. The van der Waals surface area contributed by atoms with Gasteiger partial charge in [0.25, 0.3) is 0 Å². The molecular formula is C9H15N3O3. The molecule has 0 aliphatic heterocycles. The van der Waals surface area contributed by atoms with E-state index >= 15 is 0 Å². The summed E-state index contributed by atoms with van der Waals surface area (Å²) in [5, 5.41) is 11.7. The Balaban J connectivity index is 2.77. The van der Waals surface area contributed by atoms with Crippen LogP contribution in [0.4, 0.5) is 0 Å². The molecule has 0 unspecified atom stereocenters. The van der Waals surface area contributed by atoms with Crippen LogP contribution in [0.5, 0.6) is 0 Å². The fourth-order valence-corrected chi connectivity index (χ4v) is 1.48. The molecule has 0 bridgehead atoms. The lowest BCUT2D eigenvalue weighted by molar-refractivity contribution is 0.207. The van der Waals surface area contributed by atoms with E-state index in [9.17, 15) is 0 Å². The summed E-state index contributed by atoms with van der Waals surface area (Å²) in [5.41, 5.74) is 2.61. The average Bonchev–Trinajstić information content (AvgIpc) is 2.19. The Hall–Kier alpha value is -1.59. The maximum Gasteiger partial charge on any atom is 0.106 e. The van der Waals surface area contributed by atoms with Crippen molar-refractivity contribution in [3.8, 4) is 0 Å². The van der Waals surface area contributed by atoms with Crippen molar-refractivity contribution < 1.29 is 14.5 Å². The predicted octanol–water partition coefficient (Wildman–Crippen LogP) is 1.18. The zero-order valence-electron chi connectivity index (χ0n) is 9.19. The van der Waals surface area contributed by atoms with Gasteiger partial charge in [0, 0.05) is 19.3 Å². The fraction of sp³-hybridized carbons (Fsp3) is 0.667. The first-order valence-electron chi connectivity index (χ1n) is 4.56. The van der Waals surface area contributed by atoms with E-state index in [0.717, 1.165) is 17.1 Å². The molecule has 0 heterocycles. The van der Waals surface area contributed by atoms with Crippen molar-refractivity contribution in [2.75, 3.05) is 21.3 Å². The number of nitrogens with zero attached hydrogens (tertiary/aromatic N) is 3. The van der Waals surface area contributed by atoms with Crippen molar-refractivity contribution in [1.82, 2.24) is 0 Å². The van der Waals surface area contributed by atoms with Gasteiger partial charge in [0.1, 0.15) is 21.3 Å². The van der Waals surface area contributed by atoms with Gasteiger partial charge < -0.3 is 14.5 Å². The molecule has 0 saturated heterocycles. The Morgan fingerprint density at radius 1 is 0.667 bits per heavy atom. The Labute approximate surface area is 88.5 Å². The van der Waals surface area contributed by atoms with Gasteiger partial charge in [-0.15, -0.1) is 0 Å². The smallest absolute Gasteiger partial charge is 0.106 e. The highest BCUT2D eigenvalue weighted by Crippen LogP contribution is 2.12. The monoisotopic (exact) mass is 213 g/mol. The lowest BCUT2D eigenvalue weighted by Crippen LogP contribution is -2.23. The molecule has 1 aliphatic rings. The van der Waals surface area contributed by atoms with Crippen LogP contribution in [-0.2, 0) is 14.5 Å². The molecule has 1 aliphatic carbocycles. The molecule has 0 amide bonds. The maximum atomic E-state index is 4.73. The van der Waals surface area contributed by atoms with Crippen LogP contribution >= 0.6 is 0 Å². The number of hydrogen-bond donors (Lipinski definition) is 0. The van der Waals surface area contributed by atoms with E-state index in [1.54, 1.807) is 0 Å². The Bertz CT molecular complexity index is 237. The summed E-state index contributed by atoms with van der Waals surface area (Å²) in [6.45, 7) is 0. The van der Waals surface area contributed by atoms with E-state index in [-0.39, 0.29) is 0 Å². The van der Waals surface area contributed by atoms with Crippen LogP contribution in [0, 0.1) is 0 Å².